The molecule has 5 heteroatoms. The number of carbonyl (C=O) groups is 1. The SMILES string of the molecule is Cc1ccc(N2C(=O)C3(CCCCC3)C(N3CCN(C)CC3)C2=NC2CCCCC2)cc1. The lowest BCUT2D eigenvalue weighted by atomic mass is 9.69. The van der Waals surface area contributed by atoms with Crippen LogP contribution in [0.5, 0.6) is 0 Å². The number of piperazine rings is 1. The summed E-state index contributed by atoms with van der Waals surface area (Å²) < 4.78 is 0. The van der Waals surface area contributed by atoms with Gasteiger partial charge in [-0.1, -0.05) is 56.2 Å². The lowest BCUT2D eigenvalue weighted by Gasteiger charge is -2.44. The highest BCUT2D eigenvalue weighted by Gasteiger charge is 2.60. The minimum absolute atomic E-state index is 0.132. The van der Waals surface area contributed by atoms with Crippen molar-refractivity contribution in [2.24, 2.45) is 10.4 Å². The van der Waals surface area contributed by atoms with Gasteiger partial charge in [0.2, 0.25) is 5.91 Å². The molecule has 0 radical (unpaired) electrons. The molecule has 5 nitrogen and oxygen atoms in total. The molecule has 1 aromatic carbocycles. The maximum Gasteiger partial charge on any atom is 0.240 e. The normalized spacial score (nSPS) is 29.3. The molecule has 2 saturated carbocycles. The van der Waals surface area contributed by atoms with Crippen LogP contribution in [0, 0.1) is 12.3 Å². The number of rotatable bonds is 3. The highest BCUT2D eigenvalue weighted by atomic mass is 16.2. The van der Waals surface area contributed by atoms with Crippen molar-refractivity contribution in [3.05, 3.63) is 29.8 Å². The van der Waals surface area contributed by atoms with Gasteiger partial charge in [0.25, 0.3) is 0 Å². The summed E-state index contributed by atoms with van der Waals surface area (Å²) in [6.07, 6.45) is 11.8. The zero-order chi connectivity index (χ0) is 22.1. The van der Waals surface area contributed by atoms with Gasteiger partial charge < -0.3 is 4.90 Å². The van der Waals surface area contributed by atoms with Gasteiger partial charge in [0.05, 0.1) is 23.2 Å². The smallest absolute Gasteiger partial charge is 0.240 e. The lowest BCUT2D eigenvalue weighted by molar-refractivity contribution is -0.130. The van der Waals surface area contributed by atoms with Crippen molar-refractivity contribution < 1.29 is 4.79 Å². The predicted octanol–water partition coefficient (Wildman–Crippen LogP) is 4.64. The van der Waals surface area contributed by atoms with E-state index in [1.165, 1.54) is 44.1 Å². The van der Waals surface area contributed by atoms with Crippen molar-refractivity contribution in [1.29, 1.82) is 0 Å². The summed E-state index contributed by atoms with van der Waals surface area (Å²) in [5.74, 6) is 1.39. The number of hydrogen-bond acceptors (Lipinski definition) is 4. The van der Waals surface area contributed by atoms with Crippen LogP contribution in [0.1, 0.15) is 69.8 Å². The van der Waals surface area contributed by atoms with Crippen LogP contribution in [-0.2, 0) is 4.79 Å². The van der Waals surface area contributed by atoms with Crippen molar-refractivity contribution in [3.63, 3.8) is 0 Å². The van der Waals surface area contributed by atoms with Gasteiger partial charge in [0.1, 0.15) is 5.84 Å². The number of amidine groups is 1. The van der Waals surface area contributed by atoms with Crippen LogP contribution in [0.2, 0.25) is 0 Å². The van der Waals surface area contributed by atoms with Crippen LogP contribution >= 0.6 is 0 Å². The summed E-state index contributed by atoms with van der Waals surface area (Å²) in [4.78, 5) is 26.9. The summed E-state index contributed by atoms with van der Waals surface area (Å²) >= 11 is 0. The molecule has 2 saturated heterocycles. The molecule has 2 aliphatic carbocycles. The van der Waals surface area contributed by atoms with Crippen LogP contribution in [0.3, 0.4) is 0 Å². The van der Waals surface area contributed by atoms with Crippen molar-refractivity contribution in [1.82, 2.24) is 9.80 Å². The van der Waals surface area contributed by atoms with E-state index in [0.29, 0.717) is 11.9 Å². The summed E-state index contributed by atoms with van der Waals surface area (Å²) in [5.41, 5.74) is 1.94. The van der Waals surface area contributed by atoms with Gasteiger partial charge in [-0.2, -0.15) is 0 Å². The Labute approximate surface area is 193 Å². The third kappa shape index (κ3) is 4.03. The summed E-state index contributed by atoms with van der Waals surface area (Å²) in [6, 6.07) is 9.04. The van der Waals surface area contributed by atoms with Crippen LogP contribution in [0.25, 0.3) is 0 Å². The topological polar surface area (TPSA) is 39.2 Å². The number of carbonyl (C=O) groups excluding carboxylic acids is 1. The number of benzene rings is 1. The van der Waals surface area contributed by atoms with Crippen molar-refractivity contribution in [3.8, 4) is 0 Å². The maximum absolute atomic E-state index is 14.3. The van der Waals surface area contributed by atoms with Crippen molar-refractivity contribution >= 4 is 17.4 Å². The quantitative estimate of drug-likeness (QED) is 0.693. The second-order valence-electron chi connectivity index (χ2n) is 10.7. The predicted molar refractivity (Wildman–Crippen MR) is 131 cm³/mol. The largest absolute Gasteiger partial charge is 0.304 e. The average molecular weight is 437 g/mol. The third-order valence-corrected chi connectivity index (χ3v) is 8.46. The van der Waals surface area contributed by atoms with Gasteiger partial charge in [0, 0.05) is 26.2 Å². The van der Waals surface area contributed by atoms with Gasteiger partial charge >= 0.3 is 0 Å². The van der Waals surface area contributed by atoms with Crippen LogP contribution < -0.4 is 4.90 Å². The number of hydrogen-bond donors (Lipinski definition) is 0. The molecule has 4 fully saturated rings. The maximum atomic E-state index is 14.3. The highest BCUT2D eigenvalue weighted by Crippen LogP contribution is 2.49. The van der Waals surface area contributed by atoms with Gasteiger partial charge in [0.15, 0.2) is 0 Å². The molecule has 1 spiro atoms. The van der Waals surface area contributed by atoms with E-state index in [9.17, 15) is 4.79 Å². The van der Waals surface area contributed by atoms with Gasteiger partial charge in [-0.25, -0.2) is 0 Å². The summed E-state index contributed by atoms with van der Waals surface area (Å²) in [5, 5.41) is 0. The first-order valence-corrected chi connectivity index (χ1v) is 13.0. The molecule has 0 N–H and O–H groups in total. The van der Waals surface area contributed by atoms with E-state index in [2.05, 4.69) is 52.9 Å². The second kappa shape index (κ2) is 9.26. The van der Waals surface area contributed by atoms with E-state index >= 15 is 0 Å². The number of likely N-dealkylation sites (N-methyl/N-ethyl adjacent to an activating group) is 1. The lowest BCUT2D eigenvalue weighted by Crippen LogP contribution is -2.57. The fraction of sp³-hybridized carbons (Fsp3) is 0.704. The molecule has 4 aliphatic rings. The molecule has 2 heterocycles. The van der Waals surface area contributed by atoms with Crippen LogP contribution in [0.4, 0.5) is 5.69 Å². The Balaban J connectivity index is 1.60. The standard InChI is InChI=1S/C27H40N4O/c1-21-11-13-23(14-12-21)31-25(28-22-9-5-3-6-10-22)24(30-19-17-29(2)18-20-30)27(26(31)32)15-7-4-8-16-27/h11-14,22,24H,3-10,15-20H2,1-2H3. The molecule has 0 bridgehead atoms. The Morgan fingerprint density at radius 3 is 2.16 bits per heavy atom. The Morgan fingerprint density at radius 1 is 0.875 bits per heavy atom. The first kappa shape index (κ1) is 22.1. The summed E-state index contributed by atoms with van der Waals surface area (Å²) in [7, 11) is 2.21. The number of anilines is 1. The fourth-order valence-electron chi connectivity index (χ4n) is 6.54. The fourth-order valence-corrected chi connectivity index (χ4v) is 6.54. The molecule has 0 aromatic heterocycles. The van der Waals surface area contributed by atoms with E-state index in [1.54, 1.807) is 0 Å². The molecule has 2 aliphatic heterocycles. The zero-order valence-corrected chi connectivity index (χ0v) is 20.1. The zero-order valence-electron chi connectivity index (χ0n) is 20.1. The van der Waals surface area contributed by atoms with E-state index in [0.717, 1.165) is 63.4 Å². The molecule has 32 heavy (non-hydrogen) atoms. The van der Waals surface area contributed by atoms with Gasteiger partial charge in [-0.05, 0) is 51.8 Å². The van der Waals surface area contributed by atoms with E-state index in [4.69, 9.17) is 4.99 Å². The Kier molecular flexibility index (Phi) is 6.39. The number of nitrogens with zero attached hydrogens (tertiary/aromatic N) is 4. The minimum atomic E-state index is -0.299. The average Bonchev–Trinajstić information content (AvgIpc) is 3.03. The van der Waals surface area contributed by atoms with Crippen LogP contribution in [0.15, 0.2) is 29.3 Å². The third-order valence-electron chi connectivity index (χ3n) is 8.46. The molecule has 1 atom stereocenters. The van der Waals surface area contributed by atoms with E-state index in [-0.39, 0.29) is 11.5 Å². The molecule has 1 amide bonds. The number of amides is 1. The van der Waals surface area contributed by atoms with E-state index < -0.39 is 0 Å². The van der Waals surface area contributed by atoms with Crippen molar-refractivity contribution in [2.45, 2.75) is 83.2 Å². The molecule has 5 rings (SSSR count). The minimum Gasteiger partial charge on any atom is -0.304 e. The highest BCUT2D eigenvalue weighted by molar-refractivity contribution is 6.27. The van der Waals surface area contributed by atoms with Crippen molar-refractivity contribution in [2.75, 3.05) is 38.1 Å². The second-order valence-corrected chi connectivity index (χ2v) is 10.7. The molecular formula is C27H40N4O. The number of aliphatic imine (C=N–C) groups is 1. The first-order chi connectivity index (χ1) is 15.6. The number of aryl methyl sites for hydroxylation is 1. The molecule has 174 valence electrons. The first-order valence-electron chi connectivity index (χ1n) is 13.0. The molecule has 1 unspecified atom stereocenters. The van der Waals surface area contributed by atoms with Gasteiger partial charge in [-0.15, -0.1) is 0 Å². The Morgan fingerprint density at radius 2 is 1.50 bits per heavy atom. The van der Waals surface area contributed by atoms with E-state index in [1.807, 2.05) is 0 Å². The van der Waals surface area contributed by atoms with Gasteiger partial charge in [-0.3, -0.25) is 19.6 Å². The Bertz CT molecular complexity index is 828. The monoisotopic (exact) mass is 436 g/mol. The molecule has 1 aromatic rings. The molecular weight excluding hydrogens is 396 g/mol. The Hall–Kier alpha value is -1.72. The van der Waals surface area contributed by atoms with Crippen LogP contribution in [-0.4, -0.2) is 66.9 Å². The summed E-state index contributed by atoms with van der Waals surface area (Å²) in [6.45, 7) is 6.32.